The lowest BCUT2D eigenvalue weighted by atomic mass is 10.5. The molecular formula is C7H10ClN3. The molecule has 0 fully saturated rings. The summed E-state index contributed by atoms with van der Waals surface area (Å²) in [5.41, 5.74) is 0. The quantitative estimate of drug-likeness (QED) is 0.744. The highest BCUT2D eigenvalue weighted by Crippen LogP contribution is 2.01. The van der Waals surface area contributed by atoms with E-state index in [1.807, 2.05) is 6.92 Å². The van der Waals surface area contributed by atoms with Gasteiger partial charge in [0.05, 0.1) is 11.6 Å². The van der Waals surface area contributed by atoms with E-state index in [2.05, 4.69) is 15.3 Å². The molecule has 1 aromatic heterocycles. The van der Waals surface area contributed by atoms with E-state index < -0.39 is 0 Å². The van der Waals surface area contributed by atoms with E-state index in [-0.39, 0.29) is 0 Å². The molecule has 0 spiro atoms. The number of hydrogen-bond acceptors (Lipinski definition) is 3. The van der Waals surface area contributed by atoms with Crippen LogP contribution in [0.1, 0.15) is 12.7 Å². The van der Waals surface area contributed by atoms with Crippen molar-refractivity contribution in [2.24, 2.45) is 0 Å². The molecule has 0 unspecified atom stereocenters. The van der Waals surface area contributed by atoms with Crippen LogP contribution in [0.3, 0.4) is 0 Å². The fraction of sp³-hybridized carbons (Fsp3) is 0.429. The van der Waals surface area contributed by atoms with Gasteiger partial charge in [-0.25, -0.2) is 9.97 Å². The lowest BCUT2D eigenvalue weighted by Crippen LogP contribution is -2.13. The molecule has 0 atom stereocenters. The minimum Gasteiger partial charge on any atom is -0.310 e. The molecule has 60 valence electrons. The summed E-state index contributed by atoms with van der Waals surface area (Å²) in [4.78, 5) is 8.02. The molecule has 0 amide bonds. The number of rotatable bonds is 3. The molecule has 0 radical (unpaired) electrons. The smallest absolute Gasteiger partial charge is 0.142 e. The molecule has 0 aliphatic heterocycles. The van der Waals surface area contributed by atoms with E-state index in [0.29, 0.717) is 11.6 Å². The Balaban J connectivity index is 2.52. The van der Waals surface area contributed by atoms with Gasteiger partial charge in [-0.3, -0.25) is 0 Å². The van der Waals surface area contributed by atoms with E-state index in [1.54, 1.807) is 12.4 Å². The Morgan fingerprint density at radius 3 is 2.64 bits per heavy atom. The van der Waals surface area contributed by atoms with Gasteiger partial charge in [0.25, 0.3) is 0 Å². The van der Waals surface area contributed by atoms with E-state index in [9.17, 15) is 0 Å². The lowest BCUT2D eigenvalue weighted by molar-refractivity contribution is 0.690. The van der Waals surface area contributed by atoms with Crippen LogP contribution in [0.25, 0.3) is 0 Å². The van der Waals surface area contributed by atoms with Crippen LogP contribution in [0.2, 0.25) is 5.02 Å². The van der Waals surface area contributed by atoms with Crippen molar-refractivity contribution in [1.29, 1.82) is 0 Å². The van der Waals surface area contributed by atoms with Gasteiger partial charge in [-0.05, 0) is 6.54 Å². The summed E-state index contributed by atoms with van der Waals surface area (Å²) in [6, 6.07) is 0. The molecule has 1 N–H and O–H groups in total. The molecule has 0 aliphatic rings. The summed E-state index contributed by atoms with van der Waals surface area (Å²) < 4.78 is 0. The molecule has 3 nitrogen and oxygen atoms in total. The van der Waals surface area contributed by atoms with Crippen LogP contribution < -0.4 is 5.32 Å². The van der Waals surface area contributed by atoms with Crippen LogP contribution in [0.4, 0.5) is 0 Å². The fourth-order valence-corrected chi connectivity index (χ4v) is 0.765. The van der Waals surface area contributed by atoms with Crippen LogP contribution in [-0.2, 0) is 6.54 Å². The van der Waals surface area contributed by atoms with Gasteiger partial charge in [0.15, 0.2) is 0 Å². The van der Waals surface area contributed by atoms with Gasteiger partial charge < -0.3 is 5.32 Å². The predicted octanol–water partition coefficient (Wildman–Crippen LogP) is 1.24. The van der Waals surface area contributed by atoms with Gasteiger partial charge in [0, 0.05) is 12.4 Å². The first-order chi connectivity index (χ1) is 5.33. The lowest BCUT2D eigenvalue weighted by Gasteiger charge is -1.98. The van der Waals surface area contributed by atoms with E-state index >= 15 is 0 Å². The highest BCUT2D eigenvalue weighted by molar-refractivity contribution is 6.30. The molecule has 0 saturated carbocycles. The first kappa shape index (κ1) is 8.43. The van der Waals surface area contributed by atoms with Crippen molar-refractivity contribution in [2.45, 2.75) is 13.5 Å². The maximum Gasteiger partial charge on any atom is 0.142 e. The predicted molar refractivity (Wildman–Crippen MR) is 44.4 cm³/mol. The highest BCUT2D eigenvalue weighted by Gasteiger charge is 1.93. The van der Waals surface area contributed by atoms with Gasteiger partial charge in [-0.1, -0.05) is 18.5 Å². The molecule has 0 saturated heterocycles. The second-order valence-corrected chi connectivity index (χ2v) is 2.53. The third-order valence-corrected chi connectivity index (χ3v) is 1.40. The van der Waals surface area contributed by atoms with Gasteiger partial charge in [0.2, 0.25) is 0 Å². The maximum atomic E-state index is 5.60. The Kier molecular flexibility index (Phi) is 3.26. The molecule has 4 heteroatoms. The van der Waals surface area contributed by atoms with E-state index in [0.717, 1.165) is 12.4 Å². The average molecular weight is 172 g/mol. The highest BCUT2D eigenvalue weighted by atomic mass is 35.5. The Bertz CT molecular complexity index is 209. The number of halogens is 1. The fourth-order valence-electron chi connectivity index (χ4n) is 0.667. The largest absolute Gasteiger partial charge is 0.310 e. The minimum absolute atomic E-state index is 0.574. The van der Waals surface area contributed by atoms with Crippen molar-refractivity contribution in [3.05, 3.63) is 23.2 Å². The Hall–Kier alpha value is -0.670. The van der Waals surface area contributed by atoms with E-state index in [4.69, 9.17) is 11.6 Å². The van der Waals surface area contributed by atoms with Crippen molar-refractivity contribution in [1.82, 2.24) is 15.3 Å². The SMILES string of the molecule is CCNCc1ncc(Cl)cn1. The van der Waals surface area contributed by atoms with Crippen molar-refractivity contribution >= 4 is 11.6 Å². The van der Waals surface area contributed by atoms with Gasteiger partial charge in [-0.15, -0.1) is 0 Å². The third kappa shape index (κ3) is 2.82. The van der Waals surface area contributed by atoms with Crippen LogP contribution in [0, 0.1) is 0 Å². The summed E-state index contributed by atoms with van der Waals surface area (Å²) in [7, 11) is 0. The zero-order chi connectivity index (χ0) is 8.10. The first-order valence-corrected chi connectivity index (χ1v) is 3.88. The van der Waals surface area contributed by atoms with Crippen molar-refractivity contribution in [2.75, 3.05) is 6.54 Å². The van der Waals surface area contributed by atoms with Gasteiger partial charge in [0.1, 0.15) is 5.82 Å². The summed E-state index contributed by atoms with van der Waals surface area (Å²) in [6.07, 6.45) is 3.20. The van der Waals surface area contributed by atoms with Crippen LogP contribution in [-0.4, -0.2) is 16.5 Å². The second kappa shape index (κ2) is 4.26. The normalized spacial score (nSPS) is 10.0. The number of aromatic nitrogens is 2. The first-order valence-electron chi connectivity index (χ1n) is 3.50. The Morgan fingerprint density at radius 2 is 2.09 bits per heavy atom. The molecule has 1 heterocycles. The van der Waals surface area contributed by atoms with Gasteiger partial charge in [-0.2, -0.15) is 0 Å². The second-order valence-electron chi connectivity index (χ2n) is 2.10. The molecule has 1 rings (SSSR count). The molecule has 1 aromatic rings. The van der Waals surface area contributed by atoms with Crippen molar-refractivity contribution in [3.63, 3.8) is 0 Å². The number of hydrogen-bond donors (Lipinski definition) is 1. The van der Waals surface area contributed by atoms with Crippen LogP contribution in [0.5, 0.6) is 0 Å². The molecule has 11 heavy (non-hydrogen) atoms. The van der Waals surface area contributed by atoms with Crippen LogP contribution >= 0.6 is 11.6 Å². The maximum absolute atomic E-state index is 5.60. The monoisotopic (exact) mass is 171 g/mol. The topological polar surface area (TPSA) is 37.8 Å². The minimum atomic E-state index is 0.574. The summed E-state index contributed by atoms with van der Waals surface area (Å²) >= 11 is 5.60. The Labute approximate surface area is 70.8 Å². The average Bonchev–Trinajstić information content (AvgIpc) is 2.04. The third-order valence-electron chi connectivity index (χ3n) is 1.21. The molecule has 0 aliphatic carbocycles. The number of nitrogens with one attached hydrogen (secondary N) is 1. The van der Waals surface area contributed by atoms with Gasteiger partial charge >= 0.3 is 0 Å². The zero-order valence-electron chi connectivity index (χ0n) is 6.34. The Morgan fingerprint density at radius 1 is 1.45 bits per heavy atom. The van der Waals surface area contributed by atoms with Crippen molar-refractivity contribution < 1.29 is 0 Å². The zero-order valence-corrected chi connectivity index (χ0v) is 7.10. The van der Waals surface area contributed by atoms with E-state index in [1.165, 1.54) is 0 Å². The summed E-state index contributed by atoms with van der Waals surface area (Å²) in [5.74, 6) is 0.774. The number of nitrogens with zero attached hydrogens (tertiary/aromatic N) is 2. The van der Waals surface area contributed by atoms with Crippen LogP contribution in [0.15, 0.2) is 12.4 Å². The molecule has 0 bridgehead atoms. The molecular weight excluding hydrogens is 162 g/mol. The summed E-state index contributed by atoms with van der Waals surface area (Å²) in [5, 5.41) is 3.69. The van der Waals surface area contributed by atoms with Crippen molar-refractivity contribution in [3.8, 4) is 0 Å². The standard InChI is InChI=1S/C7H10ClN3/c1-2-9-5-7-10-3-6(8)4-11-7/h3-4,9H,2,5H2,1H3. The summed E-state index contributed by atoms with van der Waals surface area (Å²) in [6.45, 7) is 3.66. The molecule has 0 aromatic carbocycles.